The van der Waals surface area contributed by atoms with E-state index in [0.29, 0.717) is 18.1 Å². The molecule has 2 heteroatoms. The van der Waals surface area contributed by atoms with Crippen LogP contribution >= 0.6 is 0 Å². The van der Waals surface area contributed by atoms with Gasteiger partial charge < -0.3 is 4.74 Å². The Balaban J connectivity index is 2.12. The minimum Gasteiger partial charge on any atom is -0.384 e. The fourth-order valence-corrected chi connectivity index (χ4v) is 2.29. The van der Waals surface area contributed by atoms with Gasteiger partial charge in [-0.3, -0.25) is 4.79 Å². The highest BCUT2D eigenvalue weighted by Crippen LogP contribution is 2.27. The van der Waals surface area contributed by atoms with Gasteiger partial charge in [-0.05, 0) is 36.0 Å². The Kier molecular flexibility index (Phi) is 4.10. The summed E-state index contributed by atoms with van der Waals surface area (Å²) in [6, 6.07) is 10.0. The second-order valence-corrected chi connectivity index (χ2v) is 4.57. The molecule has 90 valence electrons. The maximum atomic E-state index is 11.8. The van der Waals surface area contributed by atoms with Crippen molar-refractivity contribution in [2.45, 2.75) is 19.3 Å². The molecule has 1 saturated carbocycles. The molecule has 1 aliphatic rings. The van der Waals surface area contributed by atoms with Crippen LogP contribution in [0.1, 0.15) is 24.8 Å². The molecule has 1 fully saturated rings. The molecule has 0 N–H and O–H groups in total. The third kappa shape index (κ3) is 3.27. The molecule has 0 bridgehead atoms. The van der Waals surface area contributed by atoms with E-state index in [4.69, 9.17) is 4.74 Å². The molecule has 0 saturated heterocycles. The predicted octanol–water partition coefficient (Wildman–Crippen LogP) is 3.09. The summed E-state index contributed by atoms with van der Waals surface area (Å²) in [6.45, 7) is 0.749. The summed E-state index contributed by atoms with van der Waals surface area (Å²) < 4.78 is 5.18. The van der Waals surface area contributed by atoms with Crippen molar-refractivity contribution in [1.82, 2.24) is 0 Å². The van der Waals surface area contributed by atoms with Crippen LogP contribution in [-0.2, 0) is 9.53 Å². The first-order valence-corrected chi connectivity index (χ1v) is 6.07. The van der Waals surface area contributed by atoms with Crippen molar-refractivity contribution < 1.29 is 9.53 Å². The van der Waals surface area contributed by atoms with Gasteiger partial charge in [-0.15, -0.1) is 0 Å². The zero-order valence-electron chi connectivity index (χ0n) is 10.2. The van der Waals surface area contributed by atoms with E-state index in [1.165, 1.54) is 0 Å². The lowest BCUT2D eigenvalue weighted by atomic mass is 9.84. The number of carbonyl (C=O) groups excluding carboxylic acids is 1. The molecule has 1 aromatic carbocycles. The average Bonchev–Trinajstić information content (AvgIpc) is 2.35. The first-order chi connectivity index (χ1) is 8.29. The van der Waals surface area contributed by atoms with Crippen LogP contribution in [0.2, 0.25) is 0 Å². The Morgan fingerprint density at radius 1 is 1.35 bits per heavy atom. The Morgan fingerprint density at radius 2 is 2.12 bits per heavy atom. The van der Waals surface area contributed by atoms with Crippen LogP contribution in [0.25, 0.3) is 6.08 Å². The number of methoxy groups -OCH3 is 1. The first-order valence-electron chi connectivity index (χ1n) is 6.07. The summed E-state index contributed by atoms with van der Waals surface area (Å²) in [5.41, 5.74) is 2.05. The van der Waals surface area contributed by atoms with E-state index < -0.39 is 0 Å². The second-order valence-electron chi connectivity index (χ2n) is 4.57. The van der Waals surface area contributed by atoms with Crippen molar-refractivity contribution in [3.8, 4) is 0 Å². The third-order valence-electron chi connectivity index (χ3n) is 3.19. The number of benzene rings is 1. The van der Waals surface area contributed by atoms with Crippen molar-refractivity contribution >= 4 is 11.9 Å². The molecule has 1 unspecified atom stereocenters. The fraction of sp³-hybridized carbons (Fsp3) is 0.400. The second kappa shape index (κ2) is 5.78. The number of Topliss-reactive ketones (excluding diaryl/α,β-unsaturated/α-hetero) is 1. The van der Waals surface area contributed by atoms with Crippen LogP contribution in [-0.4, -0.2) is 19.5 Å². The zero-order chi connectivity index (χ0) is 12.1. The monoisotopic (exact) mass is 230 g/mol. The predicted molar refractivity (Wildman–Crippen MR) is 68.6 cm³/mol. The maximum absolute atomic E-state index is 11.8. The van der Waals surface area contributed by atoms with Gasteiger partial charge in [0.05, 0.1) is 0 Å². The van der Waals surface area contributed by atoms with Crippen molar-refractivity contribution in [3.63, 3.8) is 0 Å². The zero-order valence-corrected chi connectivity index (χ0v) is 10.2. The summed E-state index contributed by atoms with van der Waals surface area (Å²) in [5, 5.41) is 0. The molecule has 1 aliphatic carbocycles. The van der Waals surface area contributed by atoms with Crippen molar-refractivity contribution in [2.24, 2.45) is 5.92 Å². The molecule has 0 spiro atoms. The first kappa shape index (κ1) is 12.1. The van der Waals surface area contributed by atoms with E-state index in [9.17, 15) is 4.79 Å². The molecule has 0 aromatic heterocycles. The molecule has 0 aliphatic heterocycles. The van der Waals surface area contributed by atoms with Gasteiger partial charge >= 0.3 is 0 Å². The van der Waals surface area contributed by atoms with Gasteiger partial charge in [0.15, 0.2) is 5.78 Å². The van der Waals surface area contributed by atoms with Crippen LogP contribution < -0.4 is 0 Å². The molecule has 2 nitrogen and oxygen atoms in total. The Hall–Kier alpha value is -1.41. The SMILES string of the molecule is COCC1CCC(=O)C(=Cc2ccccc2)C1. The molecule has 17 heavy (non-hydrogen) atoms. The number of ether oxygens (including phenoxy) is 1. The number of hydrogen-bond donors (Lipinski definition) is 0. The summed E-state index contributed by atoms with van der Waals surface area (Å²) in [7, 11) is 1.72. The molecule has 1 atom stereocenters. The minimum atomic E-state index is 0.293. The van der Waals surface area contributed by atoms with Gasteiger partial charge in [0.2, 0.25) is 0 Å². The quantitative estimate of drug-likeness (QED) is 0.746. The largest absolute Gasteiger partial charge is 0.384 e. The van der Waals surface area contributed by atoms with Gasteiger partial charge in [0.25, 0.3) is 0 Å². The maximum Gasteiger partial charge on any atom is 0.158 e. The van der Waals surface area contributed by atoms with Crippen LogP contribution in [0.15, 0.2) is 35.9 Å². The summed E-state index contributed by atoms with van der Waals surface area (Å²) in [5.74, 6) is 0.786. The lowest BCUT2D eigenvalue weighted by Crippen LogP contribution is -2.20. The van der Waals surface area contributed by atoms with Gasteiger partial charge in [-0.1, -0.05) is 30.3 Å². The van der Waals surface area contributed by atoms with E-state index in [-0.39, 0.29) is 0 Å². The number of rotatable bonds is 3. The molecule has 1 aromatic rings. The molecular weight excluding hydrogens is 212 g/mol. The van der Waals surface area contributed by atoms with Crippen molar-refractivity contribution in [1.29, 1.82) is 0 Å². The highest BCUT2D eigenvalue weighted by molar-refractivity contribution is 6.00. The van der Waals surface area contributed by atoms with E-state index in [1.54, 1.807) is 7.11 Å². The molecule has 0 heterocycles. The number of carbonyl (C=O) groups is 1. The van der Waals surface area contributed by atoms with Gasteiger partial charge in [-0.25, -0.2) is 0 Å². The summed E-state index contributed by atoms with van der Waals surface area (Å²) >= 11 is 0. The number of hydrogen-bond acceptors (Lipinski definition) is 2. The summed E-state index contributed by atoms with van der Waals surface area (Å²) in [4.78, 5) is 11.8. The highest BCUT2D eigenvalue weighted by atomic mass is 16.5. The molecule has 0 radical (unpaired) electrons. The molecular formula is C15H18O2. The van der Waals surface area contributed by atoms with Crippen molar-refractivity contribution in [3.05, 3.63) is 41.5 Å². The van der Waals surface area contributed by atoms with Crippen molar-refractivity contribution in [2.75, 3.05) is 13.7 Å². The van der Waals surface area contributed by atoms with Crippen LogP contribution in [0, 0.1) is 5.92 Å². The minimum absolute atomic E-state index is 0.293. The van der Waals surface area contributed by atoms with Crippen LogP contribution in [0.5, 0.6) is 0 Å². The van der Waals surface area contributed by atoms with Crippen LogP contribution in [0.4, 0.5) is 0 Å². The third-order valence-corrected chi connectivity index (χ3v) is 3.19. The number of ketones is 1. The van der Waals surface area contributed by atoms with E-state index >= 15 is 0 Å². The van der Waals surface area contributed by atoms with Crippen LogP contribution in [0.3, 0.4) is 0 Å². The standard InChI is InChI=1S/C15H18O2/c1-17-11-13-7-8-15(16)14(10-13)9-12-5-3-2-4-6-12/h2-6,9,13H,7-8,10-11H2,1H3. The Bertz CT molecular complexity index is 406. The normalized spacial score (nSPS) is 23.0. The van der Waals surface area contributed by atoms with Gasteiger partial charge in [0, 0.05) is 20.1 Å². The van der Waals surface area contributed by atoms with Gasteiger partial charge in [0.1, 0.15) is 0 Å². The smallest absolute Gasteiger partial charge is 0.158 e. The topological polar surface area (TPSA) is 26.3 Å². The van der Waals surface area contributed by atoms with Gasteiger partial charge in [-0.2, -0.15) is 0 Å². The molecule has 2 rings (SSSR count). The lowest BCUT2D eigenvalue weighted by Gasteiger charge is -2.22. The van der Waals surface area contributed by atoms with E-state index in [0.717, 1.165) is 30.6 Å². The Morgan fingerprint density at radius 3 is 2.82 bits per heavy atom. The average molecular weight is 230 g/mol. The van der Waals surface area contributed by atoms with E-state index in [1.807, 2.05) is 36.4 Å². The molecule has 0 amide bonds. The highest BCUT2D eigenvalue weighted by Gasteiger charge is 2.23. The summed E-state index contributed by atoms with van der Waals surface area (Å²) in [6.07, 6.45) is 4.48. The fourth-order valence-electron chi connectivity index (χ4n) is 2.29. The van der Waals surface area contributed by atoms with E-state index in [2.05, 4.69) is 0 Å². The lowest BCUT2D eigenvalue weighted by molar-refractivity contribution is -0.117. The number of allylic oxidation sites excluding steroid dienone is 1. The Labute approximate surface area is 102 Å².